The Morgan fingerprint density at radius 2 is 1.86 bits per heavy atom. The van der Waals surface area contributed by atoms with E-state index in [1.807, 2.05) is 47.2 Å². The molecule has 140 valence electrons. The number of likely N-dealkylation sites (tertiary alicyclic amines) is 1. The molecule has 8 heteroatoms. The lowest BCUT2D eigenvalue weighted by atomic mass is 9.96. The van der Waals surface area contributed by atoms with E-state index in [4.69, 9.17) is 5.10 Å². The molecule has 0 spiro atoms. The third kappa shape index (κ3) is 3.34. The lowest BCUT2D eigenvalue weighted by Gasteiger charge is -2.30. The van der Waals surface area contributed by atoms with Crippen LogP contribution in [0.3, 0.4) is 0 Å². The number of pyridine rings is 1. The number of hydrogen-bond donors (Lipinski definition) is 0. The van der Waals surface area contributed by atoms with E-state index in [0.29, 0.717) is 5.92 Å². The fourth-order valence-electron chi connectivity index (χ4n) is 3.75. The van der Waals surface area contributed by atoms with Crippen LogP contribution in [-0.2, 0) is 6.54 Å². The standard InChI is InChI=1S/C20H20N8/c1-2-17(13-21-8-1)18-3-4-19-24-25-20(28(19)26-18)16-6-10-27(11-7-16)14-15-5-9-22-23-12-15/h1-5,8-9,12-13,16H,6-7,10-11,14H2. The second-order valence-corrected chi connectivity index (χ2v) is 7.09. The molecule has 0 saturated carbocycles. The molecule has 4 aromatic heterocycles. The van der Waals surface area contributed by atoms with E-state index >= 15 is 0 Å². The van der Waals surface area contributed by atoms with Crippen molar-refractivity contribution in [1.82, 2.24) is 39.9 Å². The van der Waals surface area contributed by atoms with Gasteiger partial charge in [-0.2, -0.15) is 19.8 Å². The van der Waals surface area contributed by atoms with Crippen molar-refractivity contribution in [3.63, 3.8) is 0 Å². The van der Waals surface area contributed by atoms with E-state index in [9.17, 15) is 0 Å². The maximum absolute atomic E-state index is 4.79. The third-order valence-corrected chi connectivity index (χ3v) is 5.25. The molecule has 1 aliphatic heterocycles. The van der Waals surface area contributed by atoms with Crippen LogP contribution >= 0.6 is 0 Å². The fourth-order valence-corrected chi connectivity index (χ4v) is 3.75. The summed E-state index contributed by atoms with van der Waals surface area (Å²) >= 11 is 0. The normalized spacial score (nSPS) is 15.9. The SMILES string of the molecule is c1cncc(-c2ccc3nnc(C4CCN(Cc5ccnnc5)CC4)n3n2)c1. The molecule has 0 unspecified atom stereocenters. The molecular formula is C20H20N8. The molecular weight excluding hydrogens is 352 g/mol. The predicted molar refractivity (Wildman–Crippen MR) is 103 cm³/mol. The van der Waals surface area contributed by atoms with Crippen molar-refractivity contribution >= 4 is 5.65 Å². The van der Waals surface area contributed by atoms with Crippen LogP contribution in [0.15, 0.2) is 55.1 Å². The Balaban J connectivity index is 1.34. The van der Waals surface area contributed by atoms with Crippen molar-refractivity contribution in [3.8, 4) is 11.3 Å². The van der Waals surface area contributed by atoms with Gasteiger partial charge in [0, 0.05) is 36.6 Å². The molecule has 8 nitrogen and oxygen atoms in total. The highest BCUT2D eigenvalue weighted by atomic mass is 15.4. The molecule has 28 heavy (non-hydrogen) atoms. The number of piperidine rings is 1. The molecule has 5 rings (SSSR count). The van der Waals surface area contributed by atoms with Crippen molar-refractivity contribution in [2.45, 2.75) is 25.3 Å². The largest absolute Gasteiger partial charge is 0.299 e. The summed E-state index contributed by atoms with van der Waals surface area (Å²) in [5, 5.41) is 21.4. The second kappa shape index (κ2) is 7.40. The van der Waals surface area contributed by atoms with Crippen molar-refractivity contribution in [2.24, 2.45) is 0 Å². The second-order valence-electron chi connectivity index (χ2n) is 7.09. The number of aromatic nitrogens is 7. The minimum atomic E-state index is 0.360. The molecule has 0 aromatic carbocycles. The molecule has 0 bridgehead atoms. The van der Waals surface area contributed by atoms with Gasteiger partial charge in [-0.05, 0) is 61.8 Å². The Kier molecular flexibility index (Phi) is 4.46. The number of fused-ring (bicyclic) bond motifs is 1. The average Bonchev–Trinajstić information content (AvgIpc) is 3.19. The van der Waals surface area contributed by atoms with E-state index in [1.54, 1.807) is 12.4 Å². The lowest BCUT2D eigenvalue weighted by Crippen LogP contribution is -2.33. The van der Waals surface area contributed by atoms with Crippen LogP contribution in [0.4, 0.5) is 0 Å². The van der Waals surface area contributed by atoms with Crippen LogP contribution in [0.2, 0.25) is 0 Å². The molecule has 5 heterocycles. The quantitative estimate of drug-likeness (QED) is 0.543. The minimum absolute atomic E-state index is 0.360. The summed E-state index contributed by atoms with van der Waals surface area (Å²) in [5.74, 6) is 1.31. The summed E-state index contributed by atoms with van der Waals surface area (Å²) < 4.78 is 1.90. The van der Waals surface area contributed by atoms with Gasteiger partial charge >= 0.3 is 0 Å². The third-order valence-electron chi connectivity index (χ3n) is 5.25. The van der Waals surface area contributed by atoms with Crippen LogP contribution in [0.25, 0.3) is 16.9 Å². The molecule has 0 N–H and O–H groups in total. The molecule has 0 radical (unpaired) electrons. The topological polar surface area (TPSA) is 85.0 Å². The Bertz CT molecular complexity index is 1060. The van der Waals surface area contributed by atoms with E-state index in [2.05, 4.69) is 30.3 Å². The Morgan fingerprint density at radius 1 is 0.929 bits per heavy atom. The Labute approximate surface area is 162 Å². The van der Waals surface area contributed by atoms with Gasteiger partial charge in [0.25, 0.3) is 0 Å². The van der Waals surface area contributed by atoms with E-state index in [-0.39, 0.29) is 0 Å². The first-order valence-corrected chi connectivity index (χ1v) is 9.47. The summed E-state index contributed by atoms with van der Waals surface area (Å²) in [6.45, 7) is 2.95. The first-order chi connectivity index (χ1) is 13.9. The summed E-state index contributed by atoms with van der Waals surface area (Å²) in [6.07, 6.45) is 9.25. The van der Waals surface area contributed by atoms with Gasteiger partial charge in [0.15, 0.2) is 11.5 Å². The molecule has 0 atom stereocenters. The van der Waals surface area contributed by atoms with Crippen LogP contribution in [0, 0.1) is 0 Å². The van der Waals surface area contributed by atoms with Gasteiger partial charge in [0.1, 0.15) is 0 Å². The monoisotopic (exact) mass is 372 g/mol. The van der Waals surface area contributed by atoms with Gasteiger partial charge < -0.3 is 0 Å². The van der Waals surface area contributed by atoms with Crippen LogP contribution < -0.4 is 0 Å². The average molecular weight is 372 g/mol. The van der Waals surface area contributed by atoms with Crippen LogP contribution in [-0.4, -0.2) is 53.0 Å². The Morgan fingerprint density at radius 3 is 2.64 bits per heavy atom. The summed E-state index contributed by atoms with van der Waals surface area (Å²) in [5.41, 5.74) is 3.85. The zero-order valence-corrected chi connectivity index (χ0v) is 15.4. The van der Waals surface area contributed by atoms with E-state index < -0.39 is 0 Å². The number of hydrogen-bond acceptors (Lipinski definition) is 7. The summed E-state index contributed by atoms with van der Waals surface area (Å²) in [7, 11) is 0. The first kappa shape index (κ1) is 16.9. The van der Waals surface area contributed by atoms with Crippen molar-refractivity contribution in [3.05, 3.63) is 66.5 Å². The highest BCUT2D eigenvalue weighted by Crippen LogP contribution is 2.28. The molecule has 1 fully saturated rings. The number of nitrogens with zero attached hydrogens (tertiary/aromatic N) is 8. The fraction of sp³-hybridized carbons (Fsp3) is 0.300. The zero-order chi connectivity index (χ0) is 18.8. The van der Waals surface area contributed by atoms with Crippen LogP contribution in [0.5, 0.6) is 0 Å². The van der Waals surface area contributed by atoms with Crippen molar-refractivity contribution in [2.75, 3.05) is 13.1 Å². The predicted octanol–water partition coefficient (Wildman–Crippen LogP) is 2.36. The molecule has 0 aliphatic carbocycles. The van der Waals surface area contributed by atoms with E-state index in [0.717, 1.165) is 55.2 Å². The van der Waals surface area contributed by atoms with Gasteiger partial charge in [-0.25, -0.2) is 0 Å². The molecule has 0 amide bonds. The van der Waals surface area contributed by atoms with E-state index in [1.165, 1.54) is 5.56 Å². The zero-order valence-electron chi connectivity index (χ0n) is 15.4. The molecule has 4 aromatic rings. The van der Waals surface area contributed by atoms with Gasteiger partial charge in [-0.1, -0.05) is 0 Å². The highest BCUT2D eigenvalue weighted by Gasteiger charge is 2.25. The molecule has 1 saturated heterocycles. The van der Waals surface area contributed by atoms with Crippen molar-refractivity contribution in [1.29, 1.82) is 0 Å². The Hall–Kier alpha value is -3.26. The summed E-state index contributed by atoms with van der Waals surface area (Å²) in [4.78, 5) is 6.64. The molecule has 1 aliphatic rings. The van der Waals surface area contributed by atoms with Crippen molar-refractivity contribution < 1.29 is 0 Å². The minimum Gasteiger partial charge on any atom is -0.299 e. The maximum Gasteiger partial charge on any atom is 0.177 e. The lowest BCUT2D eigenvalue weighted by molar-refractivity contribution is 0.200. The van der Waals surface area contributed by atoms with Crippen LogP contribution in [0.1, 0.15) is 30.1 Å². The smallest absolute Gasteiger partial charge is 0.177 e. The van der Waals surface area contributed by atoms with Gasteiger partial charge in [-0.15, -0.1) is 10.2 Å². The van der Waals surface area contributed by atoms with Gasteiger partial charge in [-0.3, -0.25) is 9.88 Å². The number of rotatable bonds is 4. The van der Waals surface area contributed by atoms with Gasteiger partial charge in [0.2, 0.25) is 0 Å². The van der Waals surface area contributed by atoms with Gasteiger partial charge in [0.05, 0.1) is 11.9 Å². The summed E-state index contributed by atoms with van der Waals surface area (Å²) in [6, 6.07) is 9.89. The highest BCUT2D eigenvalue weighted by molar-refractivity contribution is 5.58. The first-order valence-electron chi connectivity index (χ1n) is 9.47. The maximum atomic E-state index is 4.79.